The lowest BCUT2D eigenvalue weighted by Gasteiger charge is -2.24. The van der Waals surface area contributed by atoms with Gasteiger partial charge in [-0.3, -0.25) is 19.8 Å². The molecule has 1 fully saturated rings. The van der Waals surface area contributed by atoms with Gasteiger partial charge in [0.15, 0.2) is 5.11 Å². The third kappa shape index (κ3) is 3.20. The van der Waals surface area contributed by atoms with Crippen LogP contribution in [-0.2, 0) is 16.1 Å². The SMILES string of the molecule is CN1C(=O)/C(=C/c2cn(Cc3ccc(F)cc3)c3ccccc23)C(=O)NC1=S. The molecule has 1 aromatic heterocycles. The number of nitrogens with one attached hydrogen (secondary N) is 1. The van der Waals surface area contributed by atoms with Crippen LogP contribution in [-0.4, -0.2) is 33.4 Å². The summed E-state index contributed by atoms with van der Waals surface area (Å²) in [6, 6.07) is 14.0. The molecule has 2 amide bonds. The first kappa shape index (κ1) is 18.1. The van der Waals surface area contributed by atoms with Crippen molar-refractivity contribution in [1.29, 1.82) is 0 Å². The van der Waals surface area contributed by atoms with Gasteiger partial charge in [0.1, 0.15) is 11.4 Å². The number of hydrogen-bond donors (Lipinski definition) is 1. The fourth-order valence-electron chi connectivity index (χ4n) is 3.21. The van der Waals surface area contributed by atoms with Crippen LogP contribution in [0.2, 0.25) is 0 Å². The van der Waals surface area contributed by atoms with E-state index in [-0.39, 0.29) is 16.5 Å². The van der Waals surface area contributed by atoms with Crippen molar-refractivity contribution in [3.63, 3.8) is 0 Å². The van der Waals surface area contributed by atoms with Gasteiger partial charge in [-0.2, -0.15) is 0 Å². The number of fused-ring (bicyclic) bond motifs is 1. The van der Waals surface area contributed by atoms with E-state index >= 15 is 0 Å². The molecule has 0 unspecified atom stereocenters. The number of carbonyl (C=O) groups excluding carboxylic acids is 2. The predicted octanol–water partition coefficient (Wildman–Crippen LogP) is 3.09. The van der Waals surface area contributed by atoms with Crippen LogP contribution in [0.15, 0.2) is 60.3 Å². The minimum atomic E-state index is -0.511. The molecule has 5 nitrogen and oxygen atoms in total. The number of carbonyl (C=O) groups is 2. The molecule has 0 spiro atoms. The average molecular weight is 393 g/mol. The van der Waals surface area contributed by atoms with Gasteiger partial charge in [0.05, 0.1) is 0 Å². The zero-order chi connectivity index (χ0) is 19.8. The molecule has 1 saturated heterocycles. The number of nitrogens with zero attached hydrogens (tertiary/aromatic N) is 2. The minimum absolute atomic E-state index is 0.0285. The Kier molecular flexibility index (Phi) is 4.52. The molecule has 1 N–H and O–H groups in total. The summed E-state index contributed by atoms with van der Waals surface area (Å²) in [5.41, 5.74) is 2.67. The number of aromatic nitrogens is 1. The first-order valence-corrected chi connectivity index (χ1v) is 9.02. The lowest BCUT2D eigenvalue weighted by molar-refractivity contribution is -0.128. The highest BCUT2D eigenvalue weighted by molar-refractivity contribution is 7.80. The number of benzene rings is 2. The maximum Gasteiger partial charge on any atom is 0.265 e. The van der Waals surface area contributed by atoms with Crippen LogP contribution in [0.1, 0.15) is 11.1 Å². The van der Waals surface area contributed by atoms with Gasteiger partial charge in [0, 0.05) is 36.3 Å². The van der Waals surface area contributed by atoms with E-state index in [0.29, 0.717) is 6.54 Å². The zero-order valence-electron chi connectivity index (χ0n) is 15.0. The quantitative estimate of drug-likeness (QED) is 0.423. The number of rotatable bonds is 3. The van der Waals surface area contributed by atoms with Gasteiger partial charge in [-0.15, -0.1) is 0 Å². The second kappa shape index (κ2) is 7.01. The van der Waals surface area contributed by atoms with Crippen LogP contribution in [0.25, 0.3) is 17.0 Å². The summed E-state index contributed by atoms with van der Waals surface area (Å²) in [5, 5.41) is 3.52. The molecule has 2 aromatic carbocycles. The highest BCUT2D eigenvalue weighted by Gasteiger charge is 2.31. The summed E-state index contributed by atoms with van der Waals surface area (Å²) >= 11 is 4.98. The summed E-state index contributed by atoms with van der Waals surface area (Å²) < 4.78 is 15.2. The maximum absolute atomic E-state index is 13.2. The van der Waals surface area contributed by atoms with Crippen LogP contribution >= 0.6 is 12.2 Å². The number of halogens is 1. The molecule has 0 atom stereocenters. The van der Waals surface area contributed by atoms with E-state index < -0.39 is 11.8 Å². The number of para-hydroxylation sites is 1. The van der Waals surface area contributed by atoms with Gasteiger partial charge in [-0.1, -0.05) is 30.3 Å². The largest absolute Gasteiger partial charge is 0.342 e. The van der Waals surface area contributed by atoms with E-state index in [1.807, 2.05) is 35.0 Å². The molecule has 0 bridgehead atoms. The maximum atomic E-state index is 13.2. The van der Waals surface area contributed by atoms with Crippen molar-refractivity contribution in [3.05, 3.63) is 77.2 Å². The van der Waals surface area contributed by atoms with E-state index in [0.717, 1.165) is 22.0 Å². The Morgan fingerprint density at radius 1 is 1.11 bits per heavy atom. The lowest BCUT2D eigenvalue weighted by Crippen LogP contribution is -2.52. The molecule has 3 aromatic rings. The predicted molar refractivity (Wildman–Crippen MR) is 109 cm³/mol. The standard InChI is InChI=1S/C21H16FN3O2S/c1-24-20(27)17(19(26)23-21(24)28)10-14-12-25(18-5-3-2-4-16(14)18)11-13-6-8-15(22)9-7-13/h2-10,12H,11H2,1H3,(H,23,26,28)/b17-10+. The molecule has 1 aliphatic heterocycles. The molecule has 0 saturated carbocycles. The van der Waals surface area contributed by atoms with Crippen molar-refractivity contribution in [2.24, 2.45) is 0 Å². The van der Waals surface area contributed by atoms with Crippen molar-refractivity contribution in [3.8, 4) is 0 Å². The lowest BCUT2D eigenvalue weighted by atomic mass is 10.1. The summed E-state index contributed by atoms with van der Waals surface area (Å²) in [4.78, 5) is 26.0. The van der Waals surface area contributed by atoms with Gasteiger partial charge in [-0.25, -0.2) is 4.39 Å². The molecule has 140 valence electrons. The van der Waals surface area contributed by atoms with E-state index in [4.69, 9.17) is 12.2 Å². The minimum Gasteiger partial charge on any atom is -0.342 e. The van der Waals surface area contributed by atoms with Crippen LogP contribution in [0.3, 0.4) is 0 Å². The van der Waals surface area contributed by atoms with E-state index in [1.165, 1.54) is 24.1 Å². The van der Waals surface area contributed by atoms with Gasteiger partial charge < -0.3 is 4.57 Å². The van der Waals surface area contributed by atoms with Crippen LogP contribution in [0, 0.1) is 5.82 Å². The highest BCUT2D eigenvalue weighted by Crippen LogP contribution is 2.25. The van der Waals surface area contributed by atoms with Gasteiger partial charge in [0.2, 0.25) is 0 Å². The molecule has 4 rings (SSSR count). The molecular formula is C21H16FN3O2S. The molecular weight excluding hydrogens is 377 g/mol. The normalized spacial score (nSPS) is 16.1. The molecule has 0 aliphatic carbocycles. The first-order valence-electron chi connectivity index (χ1n) is 8.61. The molecule has 1 aliphatic rings. The number of amides is 2. The summed E-state index contributed by atoms with van der Waals surface area (Å²) in [5.74, 6) is -1.23. The number of likely N-dealkylation sites (N-methyl/N-ethyl adjacent to an activating group) is 1. The van der Waals surface area contributed by atoms with Crippen molar-refractivity contribution >= 4 is 46.1 Å². The third-order valence-corrected chi connectivity index (χ3v) is 5.07. The van der Waals surface area contributed by atoms with Crippen LogP contribution in [0.5, 0.6) is 0 Å². The number of hydrogen-bond acceptors (Lipinski definition) is 3. The van der Waals surface area contributed by atoms with Crippen LogP contribution in [0.4, 0.5) is 4.39 Å². The first-order chi connectivity index (χ1) is 13.4. The van der Waals surface area contributed by atoms with Crippen molar-refractivity contribution in [2.45, 2.75) is 6.54 Å². The Bertz CT molecular complexity index is 1150. The van der Waals surface area contributed by atoms with E-state index in [2.05, 4.69) is 5.32 Å². The second-order valence-corrected chi connectivity index (χ2v) is 6.92. The Morgan fingerprint density at radius 2 is 1.82 bits per heavy atom. The van der Waals surface area contributed by atoms with E-state index in [9.17, 15) is 14.0 Å². The van der Waals surface area contributed by atoms with Crippen molar-refractivity contribution < 1.29 is 14.0 Å². The Morgan fingerprint density at radius 3 is 2.57 bits per heavy atom. The molecule has 2 heterocycles. The topological polar surface area (TPSA) is 54.3 Å². The van der Waals surface area contributed by atoms with Crippen molar-refractivity contribution in [1.82, 2.24) is 14.8 Å². The summed E-state index contributed by atoms with van der Waals surface area (Å²) in [6.45, 7) is 0.536. The average Bonchev–Trinajstić information content (AvgIpc) is 3.03. The van der Waals surface area contributed by atoms with Gasteiger partial charge in [-0.05, 0) is 42.1 Å². The fraction of sp³-hybridized carbons (Fsp3) is 0.0952. The molecule has 7 heteroatoms. The van der Waals surface area contributed by atoms with Gasteiger partial charge >= 0.3 is 0 Å². The monoisotopic (exact) mass is 393 g/mol. The van der Waals surface area contributed by atoms with Crippen LogP contribution < -0.4 is 5.32 Å². The van der Waals surface area contributed by atoms with Gasteiger partial charge in [0.25, 0.3) is 11.8 Å². The Balaban J connectivity index is 1.78. The zero-order valence-corrected chi connectivity index (χ0v) is 15.8. The molecule has 0 radical (unpaired) electrons. The fourth-order valence-corrected chi connectivity index (χ4v) is 3.38. The Hall–Kier alpha value is -3.32. The van der Waals surface area contributed by atoms with Crippen molar-refractivity contribution in [2.75, 3.05) is 7.05 Å². The molecule has 28 heavy (non-hydrogen) atoms. The highest BCUT2D eigenvalue weighted by atomic mass is 32.1. The van der Waals surface area contributed by atoms with E-state index in [1.54, 1.807) is 18.2 Å². The number of thiocarbonyl (C=S) groups is 1. The Labute approximate surface area is 166 Å². The second-order valence-electron chi connectivity index (χ2n) is 6.54. The summed E-state index contributed by atoms with van der Waals surface area (Å²) in [6.07, 6.45) is 3.47. The third-order valence-electron chi connectivity index (χ3n) is 4.69. The summed E-state index contributed by atoms with van der Waals surface area (Å²) in [7, 11) is 1.52. The smallest absolute Gasteiger partial charge is 0.265 e.